The van der Waals surface area contributed by atoms with Crippen LogP contribution in [0.5, 0.6) is 0 Å². The van der Waals surface area contributed by atoms with E-state index >= 15 is 0 Å². The van der Waals surface area contributed by atoms with Crippen molar-refractivity contribution in [1.29, 1.82) is 0 Å². The summed E-state index contributed by atoms with van der Waals surface area (Å²) >= 11 is 0. The van der Waals surface area contributed by atoms with Crippen molar-refractivity contribution >= 4 is 5.91 Å². The molecule has 0 bridgehead atoms. The molecule has 1 aliphatic heterocycles. The monoisotopic (exact) mass is 263 g/mol. The Kier molecular flexibility index (Phi) is 4.84. The minimum absolute atomic E-state index is 0.0600. The van der Waals surface area contributed by atoms with Crippen LogP contribution in [-0.4, -0.2) is 48.6 Å². The van der Waals surface area contributed by atoms with E-state index in [1.165, 1.54) is 32.1 Å². The van der Waals surface area contributed by atoms with Crippen LogP contribution in [0, 0.1) is 12.3 Å². The van der Waals surface area contributed by atoms with Crippen molar-refractivity contribution in [2.24, 2.45) is 0 Å². The van der Waals surface area contributed by atoms with Crippen molar-refractivity contribution in [2.45, 2.75) is 50.6 Å². The molecule has 19 heavy (non-hydrogen) atoms. The summed E-state index contributed by atoms with van der Waals surface area (Å²) in [5.74, 6) is 2.52. The Morgan fingerprint density at radius 1 is 1.47 bits per heavy atom. The molecule has 1 heterocycles. The number of hydrogen-bond donors (Lipinski definition) is 2. The van der Waals surface area contributed by atoms with Gasteiger partial charge in [0.2, 0.25) is 5.91 Å². The van der Waals surface area contributed by atoms with Gasteiger partial charge in [-0.2, -0.15) is 0 Å². The quantitative estimate of drug-likeness (QED) is 0.738. The highest BCUT2D eigenvalue weighted by molar-refractivity contribution is 5.81. The van der Waals surface area contributed by atoms with Crippen LogP contribution in [0.1, 0.15) is 39.0 Å². The van der Waals surface area contributed by atoms with Gasteiger partial charge in [-0.1, -0.05) is 25.2 Å². The number of terminal acetylenes is 1. The number of rotatable bonds is 3. The van der Waals surface area contributed by atoms with Gasteiger partial charge in [-0.05, 0) is 19.8 Å². The Labute approximate surface area is 116 Å². The largest absolute Gasteiger partial charge is 0.344 e. The maximum atomic E-state index is 12.2. The molecule has 2 aliphatic rings. The summed E-state index contributed by atoms with van der Waals surface area (Å²) in [5, 5.41) is 6.32. The molecule has 2 N–H and O–H groups in total. The van der Waals surface area contributed by atoms with Gasteiger partial charge in [0, 0.05) is 25.2 Å². The van der Waals surface area contributed by atoms with Gasteiger partial charge in [-0.25, -0.2) is 0 Å². The highest BCUT2D eigenvalue weighted by atomic mass is 16.2. The number of nitrogens with one attached hydrogen (secondary N) is 2. The van der Waals surface area contributed by atoms with E-state index in [1.807, 2.05) is 6.92 Å². The predicted octanol–water partition coefficient (Wildman–Crippen LogP) is 0.732. The lowest BCUT2D eigenvalue weighted by Gasteiger charge is -2.51. The van der Waals surface area contributed by atoms with E-state index in [2.05, 4.69) is 21.5 Å². The number of nitrogens with zero attached hydrogens (tertiary/aromatic N) is 1. The molecule has 0 radical (unpaired) electrons. The Hall–Kier alpha value is -1.05. The maximum Gasteiger partial charge on any atom is 0.237 e. The zero-order chi connectivity index (χ0) is 13.7. The molecule has 1 spiro atoms. The summed E-state index contributed by atoms with van der Waals surface area (Å²) in [7, 11) is 0. The first-order valence-electron chi connectivity index (χ1n) is 7.38. The van der Waals surface area contributed by atoms with Crippen LogP contribution >= 0.6 is 0 Å². The Balaban J connectivity index is 2.06. The standard InChI is InChI=1S/C15H25N3O/c1-3-9-17-14(19)13(2)18-11-10-16-12-15(18)7-5-4-6-8-15/h1,13,16H,4-12H2,2H3,(H,17,19). The van der Waals surface area contributed by atoms with Crippen molar-refractivity contribution in [3.63, 3.8) is 0 Å². The normalized spacial score (nSPS) is 24.6. The molecule has 4 nitrogen and oxygen atoms in total. The fraction of sp³-hybridized carbons (Fsp3) is 0.800. The second-order valence-corrected chi connectivity index (χ2v) is 5.75. The smallest absolute Gasteiger partial charge is 0.237 e. The van der Waals surface area contributed by atoms with E-state index in [0.29, 0.717) is 6.54 Å². The van der Waals surface area contributed by atoms with Crippen LogP contribution < -0.4 is 10.6 Å². The van der Waals surface area contributed by atoms with Gasteiger partial charge in [0.15, 0.2) is 0 Å². The molecular formula is C15H25N3O. The van der Waals surface area contributed by atoms with Crippen molar-refractivity contribution < 1.29 is 4.79 Å². The summed E-state index contributed by atoms with van der Waals surface area (Å²) in [6.45, 7) is 5.26. The minimum Gasteiger partial charge on any atom is -0.344 e. The van der Waals surface area contributed by atoms with Crippen LogP contribution in [0.15, 0.2) is 0 Å². The number of carbonyl (C=O) groups is 1. The average Bonchev–Trinajstić information content (AvgIpc) is 2.45. The van der Waals surface area contributed by atoms with Crippen molar-refractivity contribution in [3.8, 4) is 12.3 Å². The van der Waals surface area contributed by atoms with Crippen molar-refractivity contribution in [3.05, 3.63) is 0 Å². The van der Waals surface area contributed by atoms with Gasteiger partial charge in [0.25, 0.3) is 0 Å². The first-order chi connectivity index (χ1) is 9.19. The molecular weight excluding hydrogens is 238 g/mol. The van der Waals surface area contributed by atoms with Gasteiger partial charge < -0.3 is 10.6 Å². The van der Waals surface area contributed by atoms with E-state index in [9.17, 15) is 4.79 Å². The van der Waals surface area contributed by atoms with Gasteiger partial charge in [0.05, 0.1) is 12.6 Å². The lowest BCUT2D eigenvalue weighted by molar-refractivity contribution is -0.130. The molecule has 2 fully saturated rings. The first-order valence-corrected chi connectivity index (χ1v) is 7.38. The summed E-state index contributed by atoms with van der Waals surface area (Å²) in [4.78, 5) is 14.6. The molecule has 1 saturated carbocycles. The number of amides is 1. The molecule has 0 aromatic heterocycles. The zero-order valence-corrected chi connectivity index (χ0v) is 11.9. The molecule has 2 rings (SSSR count). The summed E-state index contributed by atoms with van der Waals surface area (Å²) < 4.78 is 0. The predicted molar refractivity (Wildman–Crippen MR) is 76.7 cm³/mol. The van der Waals surface area contributed by atoms with Crippen molar-refractivity contribution in [1.82, 2.24) is 15.5 Å². The third-order valence-electron chi connectivity index (χ3n) is 4.59. The topological polar surface area (TPSA) is 44.4 Å². The molecule has 1 atom stereocenters. The van der Waals surface area contributed by atoms with E-state index in [1.54, 1.807) is 0 Å². The third kappa shape index (κ3) is 3.10. The van der Waals surface area contributed by atoms with Crippen LogP contribution in [0.25, 0.3) is 0 Å². The number of hydrogen-bond acceptors (Lipinski definition) is 3. The van der Waals surface area contributed by atoms with Crippen molar-refractivity contribution in [2.75, 3.05) is 26.2 Å². The van der Waals surface area contributed by atoms with E-state index < -0.39 is 0 Å². The third-order valence-corrected chi connectivity index (χ3v) is 4.59. The van der Waals surface area contributed by atoms with Gasteiger partial charge in [0.1, 0.15) is 0 Å². The Morgan fingerprint density at radius 2 is 2.21 bits per heavy atom. The highest BCUT2D eigenvalue weighted by Gasteiger charge is 2.43. The minimum atomic E-state index is -0.0893. The van der Waals surface area contributed by atoms with Crippen LogP contribution in [-0.2, 0) is 4.79 Å². The van der Waals surface area contributed by atoms with E-state index in [-0.39, 0.29) is 17.5 Å². The molecule has 1 aliphatic carbocycles. The molecule has 0 aromatic carbocycles. The Bertz CT molecular complexity index is 347. The SMILES string of the molecule is C#CCNC(=O)C(C)N1CCNCC12CCCCC2. The average molecular weight is 263 g/mol. The van der Waals surface area contributed by atoms with E-state index in [0.717, 1.165) is 19.6 Å². The second-order valence-electron chi connectivity index (χ2n) is 5.75. The van der Waals surface area contributed by atoms with Crippen LogP contribution in [0.3, 0.4) is 0 Å². The van der Waals surface area contributed by atoms with E-state index in [4.69, 9.17) is 6.42 Å². The molecule has 4 heteroatoms. The second kappa shape index (κ2) is 6.40. The summed E-state index contributed by atoms with van der Waals surface area (Å²) in [5.41, 5.74) is 0.184. The van der Waals surface area contributed by atoms with Gasteiger partial charge in [-0.3, -0.25) is 9.69 Å². The first kappa shape index (κ1) is 14.4. The number of carbonyl (C=O) groups excluding carboxylic acids is 1. The number of piperazine rings is 1. The molecule has 1 saturated heterocycles. The highest BCUT2D eigenvalue weighted by Crippen LogP contribution is 2.35. The van der Waals surface area contributed by atoms with Crippen LogP contribution in [0.2, 0.25) is 0 Å². The Morgan fingerprint density at radius 3 is 2.89 bits per heavy atom. The lowest BCUT2D eigenvalue weighted by atomic mass is 9.78. The molecule has 0 aromatic rings. The lowest BCUT2D eigenvalue weighted by Crippen LogP contribution is -2.66. The summed E-state index contributed by atoms with van der Waals surface area (Å²) in [6.07, 6.45) is 11.5. The van der Waals surface area contributed by atoms with Gasteiger partial charge >= 0.3 is 0 Å². The fourth-order valence-corrected chi connectivity index (χ4v) is 3.57. The maximum absolute atomic E-state index is 12.2. The van der Waals surface area contributed by atoms with Crippen LogP contribution in [0.4, 0.5) is 0 Å². The molecule has 106 valence electrons. The summed E-state index contributed by atoms with van der Waals surface area (Å²) in [6, 6.07) is -0.0893. The van der Waals surface area contributed by atoms with Gasteiger partial charge in [-0.15, -0.1) is 6.42 Å². The fourth-order valence-electron chi connectivity index (χ4n) is 3.57. The molecule has 1 unspecified atom stereocenters. The zero-order valence-electron chi connectivity index (χ0n) is 11.9. The molecule has 1 amide bonds.